The molecule has 0 rings (SSSR count). The van der Waals surface area contributed by atoms with Crippen molar-refractivity contribution in [2.45, 2.75) is 18.4 Å². The van der Waals surface area contributed by atoms with Crippen molar-refractivity contribution in [3.63, 3.8) is 0 Å². The number of ether oxygens (including phenoxy) is 1. The molecule has 0 aromatic heterocycles. The first-order valence-electron chi connectivity index (χ1n) is 2.39. The van der Waals surface area contributed by atoms with Gasteiger partial charge < -0.3 is 9.84 Å². The first kappa shape index (κ1) is 10.6. The second-order valence-electron chi connectivity index (χ2n) is 1.71. The normalized spacial score (nSPS) is 16.6. The maximum absolute atomic E-state index is 11.8. The van der Waals surface area contributed by atoms with Gasteiger partial charge in [0.25, 0.3) is 0 Å². The maximum Gasteiger partial charge on any atom is 0.458 e. The zero-order chi connectivity index (χ0) is 9.28. The first-order valence-corrected chi connectivity index (χ1v) is 2.39. The third-order valence-corrected chi connectivity index (χ3v) is 0.911. The Bertz CT molecular complexity index is 131. The Morgan fingerprint density at radius 2 is 1.55 bits per heavy atom. The first-order chi connectivity index (χ1) is 4.73. The second-order valence-corrected chi connectivity index (χ2v) is 1.71. The van der Waals surface area contributed by atoms with Gasteiger partial charge in [-0.15, -0.1) is 0 Å². The molecule has 2 nitrogen and oxygen atoms in total. The number of rotatable bonds is 2. The van der Waals surface area contributed by atoms with E-state index in [-0.39, 0.29) is 0 Å². The van der Waals surface area contributed by atoms with E-state index in [1.807, 2.05) is 0 Å². The number of hydrogen-bond acceptors (Lipinski definition) is 2. The van der Waals surface area contributed by atoms with Gasteiger partial charge >= 0.3 is 12.1 Å². The van der Waals surface area contributed by atoms with E-state index in [0.29, 0.717) is 7.11 Å². The zero-order valence-electron chi connectivity index (χ0n) is 5.32. The Hall–Kier alpha value is -0.430. The third-order valence-electron chi connectivity index (χ3n) is 0.911. The molecule has 0 aliphatic carbocycles. The van der Waals surface area contributed by atoms with Gasteiger partial charge in [0.05, 0.1) is 0 Å². The highest BCUT2D eigenvalue weighted by Crippen LogP contribution is 2.38. The maximum atomic E-state index is 11.8. The Morgan fingerprint density at radius 1 is 1.18 bits per heavy atom. The summed E-state index contributed by atoms with van der Waals surface area (Å²) in [5.74, 6) is -5.22. The molecule has 0 aromatic carbocycles. The fraction of sp³-hybridized carbons (Fsp3) is 1.00. The standard InChI is InChI=1S/C4H5F5O2/c1-11-2(10)3(5,6)4(7,8)9/h2,10H,1H3/t2-/m0/s1. The monoisotopic (exact) mass is 180 g/mol. The molecular weight excluding hydrogens is 175 g/mol. The smallest absolute Gasteiger partial charge is 0.363 e. The average Bonchev–Trinajstić information content (AvgIpc) is 1.83. The summed E-state index contributed by atoms with van der Waals surface area (Å²) in [6.07, 6.45) is -8.94. The van der Waals surface area contributed by atoms with Gasteiger partial charge in [0.2, 0.25) is 6.29 Å². The molecule has 0 radical (unpaired) electrons. The lowest BCUT2D eigenvalue weighted by atomic mass is 10.3. The van der Waals surface area contributed by atoms with Gasteiger partial charge in [-0.1, -0.05) is 0 Å². The zero-order valence-corrected chi connectivity index (χ0v) is 5.32. The highest BCUT2D eigenvalue weighted by molar-refractivity contribution is 4.78. The summed E-state index contributed by atoms with van der Waals surface area (Å²) in [6.45, 7) is 0. The van der Waals surface area contributed by atoms with Crippen LogP contribution < -0.4 is 0 Å². The van der Waals surface area contributed by atoms with Gasteiger partial charge in [0, 0.05) is 7.11 Å². The minimum atomic E-state index is -5.79. The van der Waals surface area contributed by atoms with Gasteiger partial charge in [-0.3, -0.25) is 0 Å². The summed E-state index contributed by atoms with van der Waals surface area (Å²) in [5.41, 5.74) is 0. The lowest BCUT2D eigenvalue weighted by molar-refractivity contribution is -0.352. The molecule has 0 unspecified atom stereocenters. The summed E-state index contributed by atoms with van der Waals surface area (Å²) >= 11 is 0. The van der Waals surface area contributed by atoms with Crippen LogP contribution in [-0.4, -0.2) is 30.6 Å². The Kier molecular flexibility index (Phi) is 2.79. The minimum absolute atomic E-state index is 0.546. The summed E-state index contributed by atoms with van der Waals surface area (Å²) in [4.78, 5) is 0. The molecule has 1 atom stereocenters. The molecule has 0 fully saturated rings. The van der Waals surface area contributed by atoms with Crippen LogP contribution in [0.15, 0.2) is 0 Å². The SMILES string of the molecule is CO[C@H](O)C(F)(F)C(F)(F)F. The number of halogens is 5. The highest BCUT2D eigenvalue weighted by atomic mass is 19.4. The Morgan fingerprint density at radius 3 is 1.64 bits per heavy atom. The lowest BCUT2D eigenvalue weighted by Crippen LogP contribution is -2.47. The predicted molar refractivity (Wildman–Crippen MR) is 24.0 cm³/mol. The van der Waals surface area contributed by atoms with E-state index < -0.39 is 18.4 Å². The summed E-state index contributed by atoms with van der Waals surface area (Å²) in [7, 11) is 0.546. The van der Waals surface area contributed by atoms with Crippen LogP contribution in [-0.2, 0) is 4.74 Å². The van der Waals surface area contributed by atoms with Gasteiger partial charge in [0.1, 0.15) is 0 Å². The molecule has 0 aromatic rings. The molecule has 0 aliphatic heterocycles. The molecular formula is C4H5F5O2. The molecule has 1 N–H and O–H groups in total. The van der Waals surface area contributed by atoms with Crippen molar-refractivity contribution < 1.29 is 31.8 Å². The summed E-state index contributed by atoms with van der Waals surface area (Å²) < 4.78 is 60.9. The molecule has 0 heterocycles. The number of hydrogen-bond donors (Lipinski definition) is 1. The van der Waals surface area contributed by atoms with E-state index in [9.17, 15) is 22.0 Å². The van der Waals surface area contributed by atoms with E-state index in [2.05, 4.69) is 4.74 Å². The van der Waals surface area contributed by atoms with Crippen LogP contribution in [0, 0.1) is 0 Å². The van der Waals surface area contributed by atoms with Crippen molar-refractivity contribution >= 4 is 0 Å². The van der Waals surface area contributed by atoms with Crippen LogP contribution in [0.5, 0.6) is 0 Å². The van der Waals surface area contributed by atoms with Crippen molar-refractivity contribution in [1.29, 1.82) is 0 Å². The Balaban J connectivity index is 4.45. The van der Waals surface area contributed by atoms with Crippen LogP contribution in [0.2, 0.25) is 0 Å². The van der Waals surface area contributed by atoms with E-state index in [4.69, 9.17) is 5.11 Å². The lowest BCUT2D eigenvalue weighted by Gasteiger charge is -2.22. The number of aliphatic hydroxyl groups excluding tert-OH is 1. The summed E-state index contributed by atoms with van der Waals surface area (Å²) in [5, 5.41) is 8.03. The fourth-order valence-electron chi connectivity index (χ4n) is 0.288. The topological polar surface area (TPSA) is 29.5 Å². The number of aliphatic hydroxyl groups is 1. The molecule has 11 heavy (non-hydrogen) atoms. The van der Waals surface area contributed by atoms with Gasteiger partial charge in [0.15, 0.2) is 0 Å². The quantitative estimate of drug-likeness (QED) is 0.510. The van der Waals surface area contributed by atoms with E-state index >= 15 is 0 Å². The second kappa shape index (κ2) is 2.90. The molecule has 68 valence electrons. The van der Waals surface area contributed by atoms with Gasteiger partial charge in [-0.05, 0) is 0 Å². The number of alkyl halides is 5. The highest BCUT2D eigenvalue weighted by Gasteiger charge is 2.63. The molecule has 0 saturated heterocycles. The van der Waals surface area contributed by atoms with Crippen LogP contribution in [0.1, 0.15) is 0 Å². The molecule has 0 amide bonds. The van der Waals surface area contributed by atoms with Crippen molar-refractivity contribution in [2.75, 3.05) is 7.11 Å². The largest absolute Gasteiger partial charge is 0.458 e. The summed E-state index contributed by atoms with van der Waals surface area (Å²) in [6, 6.07) is 0. The van der Waals surface area contributed by atoms with Crippen LogP contribution in [0.25, 0.3) is 0 Å². The molecule has 0 aliphatic rings. The van der Waals surface area contributed by atoms with Crippen molar-refractivity contribution in [2.24, 2.45) is 0 Å². The minimum Gasteiger partial charge on any atom is -0.363 e. The molecule has 7 heteroatoms. The Labute approximate surface area is 58.6 Å². The average molecular weight is 180 g/mol. The van der Waals surface area contributed by atoms with Crippen LogP contribution in [0.4, 0.5) is 22.0 Å². The fourth-order valence-corrected chi connectivity index (χ4v) is 0.288. The van der Waals surface area contributed by atoms with Gasteiger partial charge in [-0.25, -0.2) is 0 Å². The molecule has 0 bridgehead atoms. The number of methoxy groups -OCH3 is 1. The molecule has 0 spiro atoms. The van der Waals surface area contributed by atoms with Crippen molar-refractivity contribution in [3.8, 4) is 0 Å². The van der Waals surface area contributed by atoms with Crippen molar-refractivity contribution in [1.82, 2.24) is 0 Å². The van der Waals surface area contributed by atoms with E-state index in [1.54, 1.807) is 0 Å². The van der Waals surface area contributed by atoms with Gasteiger partial charge in [-0.2, -0.15) is 22.0 Å². The van der Waals surface area contributed by atoms with Crippen molar-refractivity contribution in [3.05, 3.63) is 0 Å². The van der Waals surface area contributed by atoms with E-state index in [1.165, 1.54) is 0 Å². The van der Waals surface area contributed by atoms with Crippen LogP contribution in [0.3, 0.4) is 0 Å². The van der Waals surface area contributed by atoms with E-state index in [0.717, 1.165) is 0 Å². The predicted octanol–water partition coefficient (Wildman–Crippen LogP) is 1.15. The van der Waals surface area contributed by atoms with Crippen LogP contribution >= 0.6 is 0 Å². The third kappa shape index (κ3) is 2.00. The molecule has 0 saturated carbocycles.